The van der Waals surface area contributed by atoms with Crippen LogP contribution in [-0.4, -0.2) is 42.6 Å². The van der Waals surface area contributed by atoms with Crippen molar-refractivity contribution in [3.8, 4) is 0 Å². The maximum atomic E-state index is 12.0. The molecule has 1 aromatic carbocycles. The molecule has 3 rings (SSSR count). The van der Waals surface area contributed by atoms with Crippen molar-refractivity contribution in [2.45, 2.75) is 31.9 Å². The number of anilines is 1. The van der Waals surface area contributed by atoms with E-state index in [1.807, 2.05) is 24.3 Å². The first kappa shape index (κ1) is 14.8. The molecular formula is C16H21N3O3. The van der Waals surface area contributed by atoms with Gasteiger partial charge < -0.3 is 20.3 Å². The highest BCUT2D eigenvalue weighted by atomic mass is 16.5. The number of ether oxygens (including phenoxy) is 1. The van der Waals surface area contributed by atoms with Gasteiger partial charge in [0.2, 0.25) is 0 Å². The van der Waals surface area contributed by atoms with Crippen LogP contribution >= 0.6 is 0 Å². The average Bonchev–Trinajstić information content (AvgIpc) is 2.98. The number of hydrogen-bond acceptors (Lipinski definition) is 3. The molecule has 0 saturated carbocycles. The Bertz CT molecular complexity index is 551. The first-order chi connectivity index (χ1) is 10.7. The monoisotopic (exact) mass is 303 g/mol. The fraction of sp³-hybridized carbons (Fsp3) is 0.500. The van der Waals surface area contributed by atoms with Gasteiger partial charge in [0.05, 0.1) is 0 Å². The zero-order chi connectivity index (χ0) is 15.4. The molecule has 22 heavy (non-hydrogen) atoms. The standard InChI is InChI=1S/C16H21N3O3/c20-15(14-6-2-9-22-14)18-13-5-1-4-12(10-13)11-17-16(21)19-7-3-8-19/h1,4-5,10,14H,2-3,6-9,11H2,(H,17,21)(H,18,20). The molecule has 3 amide bonds. The molecule has 1 unspecified atom stereocenters. The number of carbonyl (C=O) groups is 2. The predicted molar refractivity (Wildman–Crippen MR) is 82.5 cm³/mol. The minimum absolute atomic E-state index is 0.0277. The average molecular weight is 303 g/mol. The summed E-state index contributed by atoms with van der Waals surface area (Å²) in [4.78, 5) is 25.6. The van der Waals surface area contributed by atoms with Crippen LogP contribution < -0.4 is 10.6 Å². The summed E-state index contributed by atoms with van der Waals surface area (Å²) in [5.41, 5.74) is 1.69. The van der Waals surface area contributed by atoms with Crippen LogP contribution in [0.3, 0.4) is 0 Å². The largest absolute Gasteiger partial charge is 0.368 e. The van der Waals surface area contributed by atoms with Gasteiger partial charge >= 0.3 is 6.03 Å². The number of benzene rings is 1. The first-order valence-electron chi connectivity index (χ1n) is 7.76. The first-order valence-corrected chi connectivity index (χ1v) is 7.76. The second kappa shape index (κ2) is 6.79. The Balaban J connectivity index is 1.52. The van der Waals surface area contributed by atoms with Gasteiger partial charge in [0.25, 0.3) is 5.91 Å². The molecule has 2 N–H and O–H groups in total. The number of carbonyl (C=O) groups excluding carboxylic acids is 2. The third-order valence-corrected chi connectivity index (χ3v) is 4.00. The van der Waals surface area contributed by atoms with Crippen molar-refractivity contribution in [3.05, 3.63) is 29.8 Å². The number of urea groups is 1. The fourth-order valence-corrected chi connectivity index (χ4v) is 2.58. The minimum atomic E-state index is -0.338. The summed E-state index contributed by atoms with van der Waals surface area (Å²) < 4.78 is 5.37. The molecule has 2 aliphatic heterocycles. The van der Waals surface area contributed by atoms with E-state index in [2.05, 4.69) is 10.6 Å². The summed E-state index contributed by atoms with van der Waals surface area (Å²) in [6.45, 7) is 2.78. The molecule has 2 fully saturated rings. The third-order valence-electron chi connectivity index (χ3n) is 4.00. The molecular weight excluding hydrogens is 282 g/mol. The molecule has 1 atom stereocenters. The molecule has 0 aliphatic carbocycles. The number of hydrogen-bond donors (Lipinski definition) is 2. The summed E-state index contributed by atoms with van der Waals surface area (Å²) >= 11 is 0. The lowest BCUT2D eigenvalue weighted by Gasteiger charge is -2.30. The molecule has 2 aliphatic rings. The van der Waals surface area contributed by atoms with E-state index in [1.54, 1.807) is 4.90 Å². The van der Waals surface area contributed by atoms with Crippen molar-refractivity contribution in [1.82, 2.24) is 10.2 Å². The summed E-state index contributed by atoms with van der Waals surface area (Å²) in [6.07, 6.45) is 2.45. The topological polar surface area (TPSA) is 70.7 Å². The molecule has 1 aromatic rings. The lowest BCUT2D eigenvalue weighted by Crippen LogP contribution is -2.47. The van der Waals surface area contributed by atoms with E-state index < -0.39 is 0 Å². The number of nitrogens with zero attached hydrogens (tertiary/aromatic N) is 1. The maximum Gasteiger partial charge on any atom is 0.317 e. The molecule has 0 aromatic heterocycles. The van der Waals surface area contributed by atoms with Crippen molar-refractivity contribution in [3.63, 3.8) is 0 Å². The van der Waals surface area contributed by atoms with Gasteiger partial charge in [-0.15, -0.1) is 0 Å². The molecule has 118 valence electrons. The summed E-state index contributed by atoms with van der Waals surface area (Å²) in [7, 11) is 0. The van der Waals surface area contributed by atoms with Crippen molar-refractivity contribution in [2.75, 3.05) is 25.0 Å². The zero-order valence-corrected chi connectivity index (χ0v) is 12.5. The summed E-state index contributed by atoms with van der Waals surface area (Å²) in [5, 5.41) is 5.76. The van der Waals surface area contributed by atoms with Gasteiger partial charge in [-0.05, 0) is 37.0 Å². The molecule has 2 saturated heterocycles. The van der Waals surface area contributed by atoms with Crippen LogP contribution in [0.1, 0.15) is 24.8 Å². The Labute approximate surface area is 129 Å². The Morgan fingerprint density at radius 3 is 2.82 bits per heavy atom. The van der Waals surface area contributed by atoms with Crippen molar-refractivity contribution in [2.24, 2.45) is 0 Å². The van der Waals surface area contributed by atoms with Crippen LogP contribution in [0.15, 0.2) is 24.3 Å². The van der Waals surface area contributed by atoms with Crippen LogP contribution in [0.5, 0.6) is 0 Å². The highest BCUT2D eigenvalue weighted by Gasteiger charge is 2.23. The second-order valence-corrected chi connectivity index (χ2v) is 5.69. The van der Waals surface area contributed by atoms with Crippen LogP contribution in [-0.2, 0) is 16.1 Å². The highest BCUT2D eigenvalue weighted by molar-refractivity contribution is 5.94. The van der Waals surface area contributed by atoms with Gasteiger partial charge in [0.1, 0.15) is 6.10 Å². The number of nitrogens with one attached hydrogen (secondary N) is 2. The number of likely N-dealkylation sites (tertiary alicyclic amines) is 1. The molecule has 2 heterocycles. The number of rotatable bonds is 4. The summed E-state index contributed by atoms with van der Waals surface area (Å²) in [6, 6.07) is 7.49. The van der Waals surface area contributed by atoms with Crippen LogP contribution in [0.2, 0.25) is 0 Å². The van der Waals surface area contributed by atoms with Crippen LogP contribution in [0.4, 0.5) is 10.5 Å². The molecule has 6 heteroatoms. The Morgan fingerprint density at radius 2 is 2.14 bits per heavy atom. The van der Waals surface area contributed by atoms with Crippen LogP contribution in [0.25, 0.3) is 0 Å². The maximum absolute atomic E-state index is 12.0. The predicted octanol–water partition coefficient (Wildman–Crippen LogP) is 1.72. The van der Waals surface area contributed by atoms with E-state index >= 15 is 0 Å². The van der Waals surface area contributed by atoms with E-state index in [0.717, 1.165) is 43.6 Å². The number of amides is 3. The Morgan fingerprint density at radius 1 is 1.27 bits per heavy atom. The zero-order valence-electron chi connectivity index (χ0n) is 12.5. The minimum Gasteiger partial charge on any atom is -0.368 e. The van der Waals surface area contributed by atoms with Gasteiger partial charge in [-0.2, -0.15) is 0 Å². The van der Waals surface area contributed by atoms with E-state index in [-0.39, 0.29) is 18.0 Å². The van der Waals surface area contributed by atoms with E-state index in [4.69, 9.17) is 4.74 Å². The van der Waals surface area contributed by atoms with Gasteiger partial charge in [0, 0.05) is 31.9 Å². The van der Waals surface area contributed by atoms with Gasteiger partial charge in [-0.25, -0.2) is 4.79 Å². The third kappa shape index (κ3) is 3.57. The smallest absolute Gasteiger partial charge is 0.317 e. The van der Waals surface area contributed by atoms with Gasteiger partial charge in [-0.1, -0.05) is 12.1 Å². The second-order valence-electron chi connectivity index (χ2n) is 5.69. The van der Waals surface area contributed by atoms with Crippen molar-refractivity contribution >= 4 is 17.6 Å². The van der Waals surface area contributed by atoms with Gasteiger partial charge in [-0.3, -0.25) is 4.79 Å². The molecule has 0 spiro atoms. The van der Waals surface area contributed by atoms with E-state index in [1.165, 1.54) is 0 Å². The summed E-state index contributed by atoms with van der Waals surface area (Å²) in [5.74, 6) is -0.0979. The molecule has 6 nitrogen and oxygen atoms in total. The molecule has 0 bridgehead atoms. The quantitative estimate of drug-likeness (QED) is 0.889. The lowest BCUT2D eigenvalue weighted by atomic mass is 10.2. The normalized spacial score (nSPS) is 20.4. The fourth-order valence-electron chi connectivity index (χ4n) is 2.58. The van der Waals surface area contributed by atoms with E-state index in [0.29, 0.717) is 13.2 Å². The SMILES string of the molecule is O=C(Nc1cccc(CNC(=O)N2CCC2)c1)C1CCCO1. The Hall–Kier alpha value is -2.08. The van der Waals surface area contributed by atoms with E-state index in [9.17, 15) is 9.59 Å². The highest BCUT2D eigenvalue weighted by Crippen LogP contribution is 2.16. The molecule has 0 radical (unpaired) electrons. The van der Waals surface area contributed by atoms with Crippen molar-refractivity contribution < 1.29 is 14.3 Å². The van der Waals surface area contributed by atoms with Gasteiger partial charge in [0.15, 0.2) is 0 Å². The lowest BCUT2D eigenvalue weighted by molar-refractivity contribution is -0.124. The van der Waals surface area contributed by atoms with Crippen molar-refractivity contribution in [1.29, 1.82) is 0 Å². The Kier molecular flexibility index (Phi) is 4.58. The van der Waals surface area contributed by atoms with Crippen LogP contribution in [0, 0.1) is 0 Å².